The highest BCUT2D eigenvalue weighted by atomic mass is 32.2. The minimum atomic E-state index is -3.64. The highest BCUT2D eigenvalue weighted by molar-refractivity contribution is 7.89. The van der Waals surface area contributed by atoms with Gasteiger partial charge in [-0.1, -0.05) is 12.1 Å². The molecule has 4 heterocycles. The molecule has 202 valence electrons. The molecule has 0 aliphatic carbocycles. The molecule has 9 nitrogen and oxygen atoms in total. The maximum Gasteiger partial charge on any atom is 0.240 e. The van der Waals surface area contributed by atoms with Gasteiger partial charge in [-0.05, 0) is 67.8 Å². The van der Waals surface area contributed by atoms with Crippen molar-refractivity contribution in [2.75, 3.05) is 43.9 Å². The van der Waals surface area contributed by atoms with E-state index in [2.05, 4.69) is 50.2 Å². The van der Waals surface area contributed by atoms with E-state index in [9.17, 15) is 13.2 Å². The van der Waals surface area contributed by atoms with Gasteiger partial charge in [0.15, 0.2) is 0 Å². The van der Waals surface area contributed by atoms with Gasteiger partial charge in [0.25, 0.3) is 0 Å². The van der Waals surface area contributed by atoms with E-state index in [4.69, 9.17) is 5.10 Å². The summed E-state index contributed by atoms with van der Waals surface area (Å²) < 4.78 is 30.7. The summed E-state index contributed by atoms with van der Waals surface area (Å²) in [4.78, 5) is 15.9. The molecular weight excluding hydrogens is 500 g/mol. The minimum absolute atomic E-state index is 0.171. The van der Waals surface area contributed by atoms with Crippen LogP contribution in [0.3, 0.4) is 0 Å². The lowest BCUT2D eigenvalue weighted by atomic mass is 9.74. The number of fused-ring (bicyclic) bond motifs is 3. The summed E-state index contributed by atoms with van der Waals surface area (Å²) in [6, 6.07) is 17.1. The molecular formula is C28H36N6O3S. The predicted molar refractivity (Wildman–Crippen MR) is 150 cm³/mol. The number of benzene rings is 2. The Morgan fingerprint density at radius 3 is 2.42 bits per heavy atom. The van der Waals surface area contributed by atoms with E-state index in [1.54, 1.807) is 12.1 Å². The van der Waals surface area contributed by atoms with Crippen LogP contribution >= 0.6 is 0 Å². The van der Waals surface area contributed by atoms with Crippen LogP contribution in [0.2, 0.25) is 0 Å². The zero-order valence-corrected chi connectivity index (χ0v) is 23.2. The Morgan fingerprint density at radius 2 is 1.82 bits per heavy atom. The van der Waals surface area contributed by atoms with Crippen molar-refractivity contribution < 1.29 is 13.2 Å². The second kappa shape index (κ2) is 10.5. The Hall–Kier alpha value is -3.21. The van der Waals surface area contributed by atoms with Crippen molar-refractivity contribution >= 4 is 27.3 Å². The number of hydrogen-bond acceptors (Lipinski definition) is 6. The minimum Gasteiger partial charge on any atom is -0.378 e. The number of aryl methyl sites for hydroxylation is 1. The molecule has 3 saturated heterocycles. The van der Waals surface area contributed by atoms with Crippen molar-refractivity contribution in [3.63, 3.8) is 0 Å². The number of hydrogen-bond donors (Lipinski definition) is 2. The fourth-order valence-corrected chi connectivity index (χ4v) is 6.87. The topological polar surface area (TPSA) is 99.6 Å². The van der Waals surface area contributed by atoms with Crippen LogP contribution in [0.25, 0.3) is 11.3 Å². The number of nitrogens with zero attached hydrogens (tertiary/aromatic N) is 4. The van der Waals surface area contributed by atoms with Crippen LogP contribution in [-0.2, 0) is 21.9 Å². The van der Waals surface area contributed by atoms with Crippen molar-refractivity contribution in [3.8, 4) is 11.3 Å². The molecule has 1 unspecified atom stereocenters. The number of piperidine rings is 3. The fourth-order valence-electron chi connectivity index (χ4n) is 5.80. The van der Waals surface area contributed by atoms with Gasteiger partial charge in [0.05, 0.1) is 10.6 Å². The fraction of sp³-hybridized carbons (Fsp3) is 0.429. The van der Waals surface area contributed by atoms with Gasteiger partial charge >= 0.3 is 0 Å². The van der Waals surface area contributed by atoms with Gasteiger partial charge in [-0.3, -0.25) is 14.4 Å². The highest BCUT2D eigenvalue weighted by Crippen LogP contribution is 2.42. The molecule has 2 N–H and O–H groups in total. The molecule has 4 atom stereocenters. The van der Waals surface area contributed by atoms with E-state index in [1.165, 1.54) is 24.8 Å². The summed E-state index contributed by atoms with van der Waals surface area (Å²) in [6.45, 7) is 3.69. The molecule has 2 bridgehead atoms. The summed E-state index contributed by atoms with van der Waals surface area (Å²) >= 11 is 0. The van der Waals surface area contributed by atoms with E-state index in [-0.39, 0.29) is 16.8 Å². The van der Waals surface area contributed by atoms with Gasteiger partial charge in [0, 0.05) is 75.7 Å². The standard InChI is InChI=1S/C28H36N6O3S/c1-19(35)30-22-7-11-25(12-8-22)38(36,37)29-17-24-15-21-13-14-34(24)18-26(21)28-16-27(31-33(28)4)20-5-9-23(10-6-20)32(2)3/h5-12,16,21,24,26,29H,13-15,17-18H2,1-4H3,(H,30,35)/t21-,24+,26-/m0/s1. The molecule has 0 spiro atoms. The summed E-state index contributed by atoms with van der Waals surface area (Å²) in [6.07, 6.45) is 2.06. The molecule has 3 aliphatic heterocycles. The van der Waals surface area contributed by atoms with E-state index in [0.717, 1.165) is 42.9 Å². The first-order chi connectivity index (χ1) is 18.1. The lowest BCUT2D eigenvalue weighted by Crippen LogP contribution is -2.56. The summed E-state index contributed by atoms with van der Waals surface area (Å²) in [5.74, 6) is 0.676. The van der Waals surface area contributed by atoms with Crippen LogP contribution in [0.5, 0.6) is 0 Å². The number of carbonyl (C=O) groups excluding carboxylic acids is 1. The second-order valence-electron chi connectivity index (χ2n) is 10.6. The van der Waals surface area contributed by atoms with Gasteiger partial charge < -0.3 is 10.2 Å². The molecule has 6 rings (SSSR count). The summed E-state index contributed by atoms with van der Waals surface area (Å²) in [7, 11) is 2.45. The SMILES string of the molecule is CC(=O)Nc1ccc(S(=O)(=O)NC[C@H]2C[C@@H]3CCN2C[C@@H]3c2cc(-c3ccc(N(C)C)cc3)nn2C)cc1. The zero-order valence-electron chi connectivity index (χ0n) is 22.4. The number of amides is 1. The maximum absolute atomic E-state index is 12.9. The van der Waals surface area contributed by atoms with E-state index < -0.39 is 10.0 Å². The maximum atomic E-state index is 12.9. The number of sulfonamides is 1. The molecule has 2 aromatic carbocycles. The Balaban J connectivity index is 1.23. The lowest BCUT2D eigenvalue weighted by molar-refractivity contribution is -0.114. The molecule has 1 amide bonds. The molecule has 10 heteroatoms. The zero-order chi connectivity index (χ0) is 27.0. The van der Waals surface area contributed by atoms with Crippen LogP contribution in [-0.4, -0.2) is 68.8 Å². The smallest absolute Gasteiger partial charge is 0.240 e. The van der Waals surface area contributed by atoms with Crippen molar-refractivity contribution in [2.45, 2.75) is 36.6 Å². The second-order valence-corrected chi connectivity index (χ2v) is 12.4. The highest BCUT2D eigenvalue weighted by Gasteiger charge is 2.42. The van der Waals surface area contributed by atoms with Gasteiger partial charge in [0.2, 0.25) is 15.9 Å². The first-order valence-electron chi connectivity index (χ1n) is 13.0. The van der Waals surface area contributed by atoms with Crippen LogP contribution in [0.1, 0.15) is 31.4 Å². The van der Waals surface area contributed by atoms with Crippen molar-refractivity contribution in [2.24, 2.45) is 13.0 Å². The quantitative estimate of drug-likeness (QED) is 0.459. The summed E-state index contributed by atoms with van der Waals surface area (Å²) in [5, 5.41) is 7.48. The third-order valence-electron chi connectivity index (χ3n) is 7.85. The third kappa shape index (κ3) is 5.48. The van der Waals surface area contributed by atoms with Crippen LogP contribution in [0, 0.1) is 5.92 Å². The Morgan fingerprint density at radius 1 is 1.11 bits per heavy atom. The Labute approximate surface area is 224 Å². The molecule has 0 radical (unpaired) electrons. The summed E-state index contributed by atoms with van der Waals surface area (Å²) in [5.41, 5.74) is 5.06. The monoisotopic (exact) mass is 536 g/mol. The Bertz CT molecular complexity index is 1400. The number of nitrogens with one attached hydrogen (secondary N) is 2. The van der Waals surface area contributed by atoms with Crippen LogP contribution in [0.4, 0.5) is 11.4 Å². The first-order valence-corrected chi connectivity index (χ1v) is 14.5. The van der Waals surface area contributed by atoms with Crippen molar-refractivity contribution in [3.05, 3.63) is 60.3 Å². The molecule has 0 saturated carbocycles. The van der Waals surface area contributed by atoms with Gasteiger partial charge in [0.1, 0.15) is 0 Å². The molecule has 1 aromatic heterocycles. The van der Waals surface area contributed by atoms with Crippen LogP contribution in [0.15, 0.2) is 59.5 Å². The average Bonchev–Trinajstić information content (AvgIpc) is 3.29. The largest absolute Gasteiger partial charge is 0.378 e. The predicted octanol–water partition coefficient (Wildman–Crippen LogP) is 3.27. The third-order valence-corrected chi connectivity index (χ3v) is 9.29. The van der Waals surface area contributed by atoms with Gasteiger partial charge in [-0.15, -0.1) is 0 Å². The number of aromatic nitrogens is 2. The van der Waals surface area contributed by atoms with Gasteiger partial charge in [-0.2, -0.15) is 5.10 Å². The molecule has 3 aromatic rings. The van der Waals surface area contributed by atoms with Crippen molar-refractivity contribution in [1.29, 1.82) is 0 Å². The average molecular weight is 537 g/mol. The normalized spacial score (nSPS) is 22.8. The molecule has 38 heavy (non-hydrogen) atoms. The lowest BCUT2D eigenvalue weighted by Gasteiger charge is -2.49. The van der Waals surface area contributed by atoms with Gasteiger partial charge in [-0.25, -0.2) is 13.1 Å². The molecule has 3 aliphatic rings. The first kappa shape index (κ1) is 26.4. The van der Waals surface area contributed by atoms with E-state index in [1.807, 2.05) is 25.8 Å². The number of rotatable bonds is 8. The van der Waals surface area contributed by atoms with E-state index in [0.29, 0.717) is 24.1 Å². The van der Waals surface area contributed by atoms with E-state index >= 15 is 0 Å². The molecule has 3 fully saturated rings. The number of carbonyl (C=O) groups is 1. The van der Waals surface area contributed by atoms with Crippen LogP contribution < -0.4 is 14.9 Å². The van der Waals surface area contributed by atoms with Crippen molar-refractivity contribution in [1.82, 2.24) is 19.4 Å². The Kier molecular flexibility index (Phi) is 7.30. The number of anilines is 2.